The van der Waals surface area contributed by atoms with Crippen molar-refractivity contribution in [2.45, 2.75) is 32.8 Å². The Balaban J connectivity index is 2.03. The normalized spacial score (nSPS) is 22.0. The highest BCUT2D eigenvalue weighted by Gasteiger charge is 2.25. The van der Waals surface area contributed by atoms with Crippen molar-refractivity contribution >= 4 is 0 Å². The molecular formula is C14H21NO. The lowest BCUT2D eigenvalue weighted by Gasteiger charge is -2.24. The van der Waals surface area contributed by atoms with Crippen LogP contribution in [0.2, 0.25) is 0 Å². The molecule has 1 unspecified atom stereocenters. The molecule has 1 aliphatic heterocycles. The molecule has 0 aromatic heterocycles. The zero-order chi connectivity index (χ0) is 11.4. The summed E-state index contributed by atoms with van der Waals surface area (Å²) in [4.78, 5) is 0. The number of aryl methyl sites for hydroxylation is 1. The van der Waals surface area contributed by atoms with Crippen molar-refractivity contribution in [1.82, 2.24) is 5.32 Å². The molecule has 2 nitrogen and oxygen atoms in total. The minimum absolute atomic E-state index is 0.358. The summed E-state index contributed by atoms with van der Waals surface area (Å²) in [6.07, 6.45) is 2.68. The quantitative estimate of drug-likeness (QED) is 0.840. The molecule has 1 aromatic rings. The number of hydrogen-bond acceptors (Lipinski definition) is 2. The SMILES string of the molecule is CC[C@@H](Oc1ccccc1C)C1CCNC1. The Morgan fingerprint density at radius 3 is 2.88 bits per heavy atom. The molecule has 1 aromatic carbocycles. The molecule has 2 atom stereocenters. The second-order valence-electron chi connectivity index (χ2n) is 4.58. The van der Waals surface area contributed by atoms with Crippen LogP contribution in [0.25, 0.3) is 0 Å². The van der Waals surface area contributed by atoms with E-state index in [4.69, 9.17) is 4.74 Å². The zero-order valence-electron chi connectivity index (χ0n) is 10.2. The van der Waals surface area contributed by atoms with Gasteiger partial charge in [-0.1, -0.05) is 25.1 Å². The first-order valence-corrected chi connectivity index (χ1v) is 6.24. The van der Waals surface area contributed by atoms with Crippen molar-refractivity contribution in [3.63, 3.8) is 0 Å². The maximum atomic E-state index is 6.14. The summed E-state index contributed by atoms with van der Waals surface area (Å²) in [5.74, 6) is 1.71. The summed E-state index contributed by atoms with van der Waals surface area (Å²) < 4.78 is 6.14. The van der Waals surface area contributed by atoms with Gasteiger partial charge in [0.25, 0.3) is 0 Å². The highest BCUT2D eigenvalue weighted by atomic mass is 16.5. The van der Waals surface area contributed by atoms with Crippen LogP contribution in [-0.4, -0.2) is 19.2 Å². The second kappa shape index (κ2) is 5.35. The van der Waals surface area contributed by atoms with Gasteiger partial charge in [0.15, 0.2) is 0 Å². The minimum atomic E-state index is 0.358. The fourth-order valence-electron chi connectivity index (χ4n) is 2.36. The van der Waals surface area contributed by atoms with Gasteiger partial charge in [-0.05, 0) is 37.9 Å². The van der Waals surface area contributed by atoms with E-state index in [1.807, 2.05) is 6.07 Å². The van der Waals surface area contributed by atoms with Gasteiger partial charge in [-0.25, -0.2) is 0 Å². The second-order valence-corrected chi connectivity index (χ2v) is 4.58. The van der Waals surface area contributed by atoms with Crippen LogP contribution in [0.4, 0.5) is 0 Å². The minimum Gasteiger partial charge on any atom is -0.490 e. The van der Waals surface area contributed by atoms with Gasteiger partial charge in [0, 0.05) is 12.5 Å². The zero-order valence-corrected chi connectivity index (χ0v) is 10.2. The largest absolute Gasteiger partial charge is 0.490 e. The Bertz CT molecular complexity index is 331. The first-order valence-electron chi connectivity index (χ1n) is 6.24. The van der Waals surface area contributed by atoms with Crippen molar-refractivity contribution in [2.75, 3.05) is 13.1 Å². The smallest absolute Gasteiger partial charge is 0.122 e. The lowest BCUT2D eigenvalue weighted by atomic mass is 9.99. The van der Waals surface area contributed by atoms with Crippen LogP contribution >= 0.6 is 0 Å². The Morgan fingerprint density at radius 2 is 2.25 bits per heavy atom. The topological polar surface area (TPSA) is 21.3 Å². The van der Waals surface area contributed by atoms with Crippen molar-refractivity contribution in [3.05, 3.63) is 29.8 Å². The standard InChI is InChI=1S/C14H21NO/c1-3-13(12-8-9-15-10-12)16-14-7-5-4-6-11(14)2/h4-7,12-13,15H,3,8-10H2,1-2H3/t12?,13-/m1/s1. The maximum Gasteiger partial charge on any atom is 0.122 e. The van der Waals surface area contributed by atoms with Gasteiger partial charge in [0.05, 0.1) is 0 Å². The lowest BCUT2D eigenvalue weighted by molar-refractivity contribution is 0.137. The fraction of sp³-hybridized carbons (Fsp3) is 0.571. The van der Waals surface area contributed by atoms with E-state index in [2.05, 4.69) is 37.4 Å². The number of rotatable bonds is 4. The van der Waals surface area contributed by atoms with E-state index in [-0.39, 0.29) is 0 Å². The molecule has 0 bridgehead atoms. The average molecular weight is 219 g/mol. The summed E-state index contributed by atoms with van der Waals surface area (Å²) in [6, 6.07) is 8.28. The predicted octanol–water partition coefficient (Wildman–Crippen LogP) is 2.76. The summed E-state index contributed by atoms with van der Waals surface area (Å²) in [5.41, 5.74) is 1.23. The number of hydrogen-bond donors (Lipinski definition) is 1. The van der Waals surface area contributed by atoms with E-state index in [0.717, 1.165) is 25.3 Å². The number of nitrogens with one attached hydrogen (secondary N) is 1. The van der Waals surface area contributed by atoms with Gasteiger partial charge in [-0.2, -0.15) is 0 Å². The highest BCUT2D eigenvalue weighted by Crippen LogP contribution is 2.24. The van der Waals surface area contributed by atoms with E-state index in [9.17, 15) is 0 Å². The van der Waals surface area contributed by atoms with E-state index < -0.39 is 0 Å². The van der Waals surface area contributed by atoms with Crippen molar-refractivity contribution in [3.8, 4) is 5.75 Å². The molecule has 1 fully saturated rings. The third kappa shape index (κ3) is 2.56. The monoisotopic (exact) mass is 219 g/mol. The molecule has 1 saturated heterocycles. The molecule has 88 valence electrons. The van der Waals surface area contributed by atoms with E-state index in [1.165, 1.54) is 12.0 Å². The lowest BCUT2D eigenvalue weighted by Crippen LogP contribution is -2.28. The van der Waals surface area contributed by atoms with Gasteiger partial charge in [-0.15, -0.1) is 0 Å². The maximum absolute atomic E-state index is 6.14. The molecule has 0 spiro atoms. The van der Waals surface area contributed by atoms with Gasteiger partial charge in [0.2, 0.25) is 0 Å². The number of para-hydroxylation sites is 1. The van der Waals surface area contributed by atoms with Crippen molar-refractivity contribution in [2.24, 2.45) is 5.92 Å². The van der Waals surface area contributed by atoms with Crippen LogP contribution in [0.1, 0.15) is 25.3 Å². The van der Waals surface area contributed by atoms with Crippen LogP contribution < -0.4 is 10.1 Å². The Labute approximate surface area is 98.0 Å². The first-order chi connectivity index (χ1) is 7.81. The Hall–Kier alpha value is -1.02. The van der Waals surface area contributed by atoms with E-state index >= 15 is 0 Å². The molecule has 2 heteroatoms. The summed E-state index contributed by atoms with van der Waals surface area (Å²) in [7, 11) is 0. The third-order valence-electron chi connectivity index (χ3n) is 3.40. The molecular weight excluding hydrogens is 198 g/mol. The van der Waals surface area contributed by atoms with Gasteiger partial charge >= 0.3 is 0 Å². The third-order valence-corrected chi connectivity index (χ3v) is 3.40. The summed E-state index contributed by atoms with van der Waals surface area (Å²) in [5, 5.41) is 3.41. The van der Waals surface area contributed by atoms with Crippen LogP contribution in [-0.2, 0) is 0 Å². The summed E-state index contributed by atoms with van der Waals surface area (Å²) in [6.45, 7) is 6.55. The molecule has 2 rings (SSSR count). The molecule has 1 heterocycles. The van der Waals surface area contributed by atoms with Crippen molar-refractivity contribution < 1.29 is 4.74 Å². The highest BCUT2D eigenvalue weighted by molar-refractivity contribution is 5.32. The molecule has 16 heavy (non-hydrogen) atoms. The van der Waals surface area contributed by atoms with E-state index in [0.29, 0.717) is 12.0 Å². The Kier molecular flexibility index (Phi) is 3.83. The molecule has 0 aliphatic carbocycles. The number of benzene rings is 1. The number of ether oxygens (including phenoxy) is 1. The molecule has 0 saturated carbocycles. The van der Waals surface area contributed by atoms with Gasteiger partial charge in [-0.3, -0.25) is 0 Å². The molecule has 1 N–H and O–H groups in total. The van der Waals surface area contributed by atoms with Gasteiger partial charge in [0.1, 0.15) is 11.9 Å². The Morgan fingerprint density at radius 1 is 1.44 bits per heavy atom. The molecule has 0 amide bonds. The first kappa shape index (κ1) is 11.5. The molecule has 0 radical (unpaired) electrons. The van der Waals surface area contributed by atoms with Crippen molar-refractivity contribution in [1.29, 1.82) is 0 Å². The van der Waals surface area contributed by atoms with Gasteiger partial charge < -0.3 is 10.1 Å². The summed E-state index contributed by atoms with van der Waals surface area (Å²) >= 11 is 0. The molecule has 1 aliphatic rings. The van der Waals surface area contributed by atoms with Crippen LogP contribution in [0.5, 0.6) is 5.75 Å². The fourth-order valence-corrected chi connectivity index (χ4v) is 2.36. The average Bonchev–Trinajstić information content (AvgIpc) is 2.81. The van der Waals surface area contributed by atoms with Crippen LogP contribution in [0.15, 0.2) is 24.3 Å². The van der Waals surface area contributed by atoms with E-state index in [1.54, 1.807) is 0 Å². The van der Waals surface area contributed by atoms with Crippen LogP contribution in [0.3, 0.4) is 0 Å². The van der Waals surface area contributed by atoms with Crippen LogP contribution in [0, 0.1) is 12.8 Å². The predicted molar refractivity (Wildman–Crippen MR) is 66.9 cm³/mol.